The van der Waals surface area contributed by atoms with Gasteiger partial charge in [0.15, 0.2) is 0 Å². The van der Waals surface area contributed by atoms with Crippen LogP contribution >= 0.6 is 0 Å². The lowest BCUT2D eigenvalue weighted by Crippen LogP contribution is -2.05. The summed E-state index contributed by atoms with van der Waals surface area (Å²) in [7, 11) is 0. The number of ether oxygens (including phenoxy) is 1. The number of hydrogen-bond donors (Lipinski definition) is 1. The smallest absolute Gasteiger partial charge is 0.305 e. The second-order valence-electron chi connectivity index (χ2n) is 11.6. The largest absolute Gasteiger partial charge is 0.481 e. The van der Waals surface area contributed by atoms with Crippen molar-refractivity contribution < 1.29 is 19.4 Å². The van der Waals surface area contributed by atoms with Gasteiger partial charge in [-0.05, 0) is 44.9 Å². The van der Waals surface area contributed by atoms with E-state index in [0.717, 1.165) is 32.1 Å². The van der Waals surface area contributed by atoms with Crippen LogP contribution in [0.5, 0.6) is 0 Å². The van der Waals surface area contributed by atoms with Crippen molar-refractivity contribution in [2.45, 2.75) is 193 Å². The highest BCUT2D eigenvalue weighted by Crippen LogP contribution is 2.14. The van der Waals surface area contributed by atoms with Crippen LogP contribution in [0, 0.1) is 0 Å². The Morgan fingerprint density at radius 3 is 1.28 bits per heavy atom. The molecule has 0 aliphatic carbocycles. The Morgan fingerprint density at radius 1 is 0.487 bits per heavy atom. The Balaban J connectivity index is 3.18. The molecule has 0 aromatic heterocycles. The molecule has 0 aromatic rings. The Hall–Kier alpha value is -1.32. The predicted molar refractivity (Wildman–Crippen MR) is 167 cm³/mol. The Morgan fingerprint density at radius 2 is 0.846 bits per heavy atom. The molecule has 0 atom stereocenters. The zero-order chi connectivity index (χ0) is 28.5. The van der Waals surface area contributed by atoms with E-state index in [9.17, 15) is 9.59 Å². The maximum atomic E-state index is 11.9. The van der Waals surface area contributed by atoms with Gasteiger partial charge in [0.2, 0.25) is 0 Å². The molecule has 0 saturated carbocycles. The summed E-state index contributed by atoms with van der Waals surface area (Å²) in [5, 5.41) is 8.62. The maximum Gasteiger partial charge on any atom is 0.305 e. The zero-order valence-corrected chi connectivity index (χ0v) is 26.0. The van der Waals surface area contributed by atoms with Crippen LogP contribution in [0.2, 0.25) is 0 Å². The van der Waals surface area contributed by atoms with Crippen LogP contribution in [0.3, 0.4) is 0 Å². The fourth-order valence-corrected chi connectivity index (χ4v) is 5.10. The van der Waals surface area contributed by atoms with Crippen molar-refractivity contribution in [3.8, 4) is 0 Å². The van der Waals surface area contributed by atoms with E-state index in [1.54, 1.807) is 0 Å². The standard InChI is InChI=1S/C35H66O4/c1-2-3-4-5-6-7-8-13-17-20-23-26-29-32-35(38)39-33-30-27-24-21-18-15-12-10-9-11-14-16-19-22-25-28-31-34(36)37/h7-8H,2-6,9-33H2,1H3,(H,36,37)/b8-7-. The van der Waals surface area contributed by atoms with Crippen LogP contribution in [-0.4, -0.2) is 23.7 Å². The van der Waals surface area contributed by atoms with E-state index in [1.165, 1.54) is 141 Å². The fraction of sp³-hybridized carbons (Fsp3) is 0.886. The molecule has 230 valence electrons. The average Bonchev–Trinajstić information content (AvgIpc) is 2.92. The van der Waals surface area contributed by atoms with E-state index < -0.39 is 5.97 Å². The van der Waals surface area contributed by atoms with Crippen LogP contribution < -0.4 is 0 Å². The molecular formula is C35H66O4. The number of allylic oxidation sites excluding steroid dienone is 2. The van der Waals surface area contributed by atoms with Crippen molar-refractivity contribution in [2.24, 2.45) is 0 Å². The molecule has 0 spiro atoms. The minimum atomic E-state index is -0.665. The third kappa shape index (κ3) is 34.7. The number of aliphatic carboxylic acids is 1. The van der Waals surface area contributed by atoms with E-state index in [-0.39, 0.29) is 5.97 Å². The van der Waals surface area contributed by atoms with Gasteiger partial charge in [-0.3, -0.25) is 9.59 Å². The topological polar surface area (TPSA) is 63.6 Å². The molecule has 0 saturated heterocycles. The molecule has 1 N–H and O–H groups in total. The van der Waals surface area contributed by atoms with Crippen molar-refractivity contribution in [1.82, 2.24) is 0 Å². The van der Waals surface area contributed by atoms with Crippen molar-refractivity contribution in [2.75, 3.05) is 6.61 Å². The van der Waals surface area contributed by atoms with Gasteiger partial charge in [0.05, 0.1) is 6.61 Å². The summed E-state index contributed by atoms with van der Waals surface area (Å²) in [6.45, 7) is 2.86. The maximum absolute atomic E-state index is 11.9. The van der Waals surface area contributed by atoms with Crippen LogP contribution in [0.25, 0.3) is 0 Å². The van der Waals surface area contributed by atoms with Gasteiger partial charge in [-0.25, -0.2) is 0 Å². The molecule has 0 rings (SSSR count). The zero-order valence-electron chi connectivity index (χ0n) is 26.0. The van der Waals surface area contributed by atoms with Gasteiger partial charge in [-0.2, -0.15) is 0 Å². The predicted octanol–water partition coefficient (Wildman–Crippen LogP) is 11.5. The first-order chi connectivity index (χ1) is 19.2. The molecule has 4 heteroatoms. The third-order valence-corrected chi connectivity index (χ3v) is 7.69. The summed E-state index contributed by atoms with van der Waals surface area (Å²) >= 11 is 0. The summed E-state index contributed by atoms with van der Waals surface area (Å²) in [6, 6.07) is 0. The molecule has 0 heterocycles. The van der Waals surface area contributed by atoms with Gasteiger partial charge in [-0.1, -0.05) is 147 Å². The number of unbranched alkanes of at least 4 members (excludes halogenated alkanes) is 24. The summed E-state index contributed by atoms with van der Waals surface area (Å²) < 4.78 is 5.41. The Kier molecular flexibility index (Phi) is 31.8. The monoisotopic (exact) mass is 550 g/mol. The molecular weight excluding hydrogens is 484 g/mol. The number of rotatable bonds is 32. The molecule has 0 radical (unpaired) electrons. The first kappa shape index (κ1) is 37.7. The number of carbonyl (C=O) groups excluding carboxylic acids is 1. The van der Waals surface area contributed by atoms with E-state index in [0.29, 0.717) is 19.4 Å². The lowest BCUT2D eigenvalue weighted by molar-refractivity contribution is -0.144. The van der Waals surface area contributed by atoms with Crippen molar-refractivity contribution >= 4 is 11.9 Å². The van der Waals surface area contributed by atoms with Crippen molar-refractivity contribution in [1.29, 1.82) is 0 Å². The fourth-order valence-electron chi connectivity index (χ4n) is 5.10. The summed E-state index contributed by atoms with van der Waals surface area (Å²) in [4.78, 5) is 22.4. The number of hydrogen-bond acceptors (Lipinski definition) is 3. The SMILES string of the molecule is CCCCCC/C=C\CCCCCCCC(=O)OCCCCCCCCCCCCCCCCCCC(=O)O. The van der Waals surface area contributed by atoms with Crippen molar-refractivity contribution in [3.05, 3.63) is 12.2 Å². The van der Waals surface area contributed by atoms with E-state index in [4.69, 9.17) is 9.84 Å². The summed E-state index contributed by atoms with van der Waals surface area (Å²) in [5.41, 5.74) is 0. The van der Waals surface area contributed by atoms with Gasteiger partial charge in [0.1, 0.15) is 0 Å². The molecule has 0 unspecified atom stereocenters. The number of carboxylic acids is 1. The van der Waals surface area contributed by atoms with Crippen molar-refractivity contribution in [3.63, 3.8) is 0 Å². The third-order valence-electron chi connectivity index (χ3n) is 7.69. The summed E-state index contributed by atoms with van der Waals surface area (Å²) in [5.74, 6) is -0.668. The molecule has 0 aliphatic heterocycles. The van der Waals surface area contributed by atoms with E-state index in [2.05, 4.69) is 19.1 Å². The normalized spacial score (nSPS) is 11.4. The molecule has 0 aromatic carbocycles. The number of carbonyl (C=O) groups is 2. The molecule has 0 aliphatic rings. The van der Waals surface area contributed by atoms with Gasteiger partial charge in [-0.15, -0.1) is 0 Å². The van der Waals surface area contributed by atoms with E-state index in [1.807, 2.05) is 0 Å². The van der Waals surface area contributed by atoms with Crippen LogP contribution in [0.15, 0.2) is 12.2 Å². The van der Waals surface area contributed by atoms with Crippen LogP contribution in [-0.2, 0) is 14.3 Å². The van der Waals surface area contributed by atoms with E-state index >= 15 is 0 Å². The van der Waals surface area contributed by atoms with Crippen LogP contribution in [0.4, 0.5) is 0 Å². The Bertz CT molecular complexity index is 543. The minimum absolute atomic E-state index is 0.00301. The van der Waals surface area contributed by atoms with Gasteiger partial charge >= 0.3 is 11.9 Å². The Labute approximate surface area is 243 Å². The molecule has 4 nitrogen and oxygen atoms in total. The van der Waals surface area contributed by atoms with Gasteiger partial charge < -0.3 is 9.84 Å². The highest BCUT2D eigenvalue weighted by Gasteiger charge is 2.02. The lowest BCUT2D eigenvalue weighted by atomic mass is 10.0. The van der Waals surface area contributed by atoms with Crippen LogP contribution in [0.1, 0.15) is 193 Å². The molecule has 0 fully saturated rings. The highest BCUT2D eigenvalue weighted by atomic mass is 16.5. The number of carboxylic acid groups (broad SMARTS) is 1. The molecule has 0 bridgehead atoms. The molecule has 39 heavy (non-hydrogen) atoms. The number of esters is 1. The first-order valence-corrected chi connectivity index (χ1v) is 17.2. The second kappa shape index (κ2) is 32.9. The van der Waals surface area contributed by atoms with Gasteiger partial charge in [0, 0.05) is 12.8 Å². The summed E-state index contributed by atoms with van der Waals surface area (Å²) in [6.07, 6.45) is 39.3. The average molecular weight is 551 g/mol. The van der Waals surface area contributed by atoms with Gasteiger partial charge in [0.25, 0.3) is 0 Å². The second-order valence-corrected chi connectivity index (χ2v) is 11.6. The highest BCUT2D eigenvalue weighted by molar-refractivity contribution is 5.69. The quantitative estimate of drug-likeness (QED) is 0.0514. The first-order valence-electron chi connectivity index (χ1n) is 17.2. The molecule has 0 amide bonds. The lowest BCUT2D eigenvalue weighted by Gasteiger charge is -2.05. The minimum Gasteiger partial charge on any atom is -0.481 e.